The van der Waals surface area contributed by atoms with E-state index in [1.165, 1.54) is 17.0 Å². The van der Waals surface area contributed by atoms with Gasteiger partial charge in [0.05, 0.1) is 17.5 Å². The molecule has 0 saturated carbocycles. The highest BCUT2D eigenvalue weighted by atomic mass is 32.2. The van der Waals surface area contributed by atoms with Crippen molar-refractivity contribution in [3.8, 4) is 11.5 Å². The van der Waals surface area contributed by atoms with Crippen LogP contribution in [0.5, 0.6) is 0 Å². The molecule has 1 fully saturated rings. The fourth-order valence-corrected chi connectivity index (χ4v) is 3.91. The minimum absolute atomic E-state index is 0.0930. The molecule has 10 heteroatoms. The number of sulfonamides is 1. The zero-order valence-electron chi connectivity index (χ0n) is 14.4. The number of nitrogens with zero attached hydrogens (tertiary/aromatic N) is 3. The summed E-state index contributed by atoms with van der Waals surface area (Å²) in [4.78, 5) is 12.2. The van der Waals surface area contributed by atoms with Gasteiger partial charge in [-0.25, -0.2) is 17.5 Å². The van der Waals surface area contributed by atoms with Gasteiger partial charge in [-0.05, 0) is 30.9 Å². The number of para-hydroxylation sites is 1. The Balaban J connectivity index is 1.57. The van der Waals surface area contributed by atoms with Crippen molar-refractivity contribution in [3.05, 3.63) is 30.7 Å². The normalized spacial score (nSPS) is 18.4. The predicted octanol–water partition coefficient (Wildman–Crippen LogP) is 1.53. The van der Waals surface area contributed by atoms with Crippen LogP contribution in [0.15, 0.2) is 35.1 Å². The third-order valence-corrected chi connectivity index (χ3v) is 5.54. The number of aromatic nitrogens is 2. The fourth-order valence-electron chi connectivity index (χ4n) is 2.97. The maximum absolute atomic E-state index is 12.2. The lowest BCUT2D eigenvalue weighted by atomic mass is 10.00. The van der Waals surface area contributed by atoms with Crippen molar-refractivity contribution in [1.82, 2.24) is 19.8 Å². The van der Waals surface area contributed by atoms with Crippen molar-refractivity contribution in [2.45, 2.75) is 12.8 Å². The molecule has 9 nitrogen and oxygen atoms in total. The van der Waals surface area contributed by atoms with E-state index < -0.39 is 10.0 Å². The van der Waals surface area contributed by atoms with Crippen LogP contribution >= 0.6 is 0 Å². The number of carbonyl (C=O) groups excluding carboxylic acids is 1. The van der Waals surface area contributed by atoms with Gasteiger partial charge in [0.1, 0.15) is 0 Å². The van der Waals surface area contributed by atoms with Crippen molar-refractivity contribution in [3.63, 3.8) is 0 Å². The fraction of sp³-hybridized carbons (Fsp3) is 0.438. The molecule has 140 valence electrons. The Bertz CT molecular complexity index is 853. The minimum Gasteiger partial charge on any atom is -0.423 e. The molecule has 2 amide bonds. The molecule has 1 atom stereocenters. The summed E-state index contributed by atoms with van der Waals surface area (Å²) in [6, 6.07) is 6.75. The summed E-state index contributed by atoms with van der Waals surface area (Å²) in [5.74, 6) is 0.410. The van der Waals surface area contributed by atoms with Gasteiger partial charge in [0, 0.05) is 19.6 Å². The average Bonchev–Trinajstić information content (AvgIpc) is 3.14. The van der Waals surface area contributed by atoms with Gasteiger partial charge in [-0.3, -0.25) is 0 Å². The first-order chi connectivity index (χ1) is 12.4. The largest absolute Gasteiger partial charge is 0.423 e. The Hall–Kier alpha value is -2.46. The molecule has 0 bridgehead atoms. The smallest absolute Gasteiger partial charge is 0.319 e. The Labute approximate surface area is 151 Å². The molecule has 1 aromatic carbocycles. The van der Waals surface area contributed by atoms with Gasteiger partial charge in [-0.15, -0.1) is 10.2 Å². The first-order valence-corrected chi connectivity index (χ1v) is 10.1. The SMILES string of the molecule is CS(=O)(=O)N1CCC[C@@H](CNC(=O)Nc2ccccc2-c2nnco2)C1. The number of rotatable bonds is 5. The lowest BCUT2D eigenvalue weighted by molar-refractivity contribution is 0.239. The topological polar surface area (TPSA) is 117 Å². The molecule has 0 unspecified atom stereocenters. The zero-order chi connectivity index (χ0) is 18.6. The Morgan fingerprint density at radius 1 is 1.38 bits per heavy atom. The van der Waals surface area contributed by atoms with E-state index in [0.717, 1.165) is 12.8 Å². The second-order valence-electron chi connectivity index (χ2n) is 6.25. The summed E-state index contributed by atoms with van der Waals surface area (Å²) < 4.78 is 30.0. The molecule has 2 heterocycles. The molecular formula is C16H21N5O4S. The van der Waals surface area contributed by atoms with Crippen molar-refractivity contribution in [1.29, 1.82) is 0 Å². The number of benzene rings is 1. The van der Waals surface area contributed by atoms with E-state index in [2.05, 4.69) is 20.8 Å². The van der Waals surface area contributed by atoms with Gasteiger partial charge in [0.2, 0.25) is 22.3 Å². The van der Waals surface area contributed by atoms with Crippen molar-refractivity contribution < 1.29 is 17.6 Å². The minimum atomic E-state index is -3.19. The molecule has 1 aromatic heterocycles. The van der Waals surface area contributed by atoms with Crippen LogP contribution in [-0.4, -0.2) is 54.8 Å². The third kappa shape index (κ3) is 4.58. The molecular weight excluding hydrogens is 358 g/mol. The van der Waals surface area contributed by atoms with Crippen LogP contribution in [0.25, 0.3) is 11.5 Å². The van der Waals surface area contributed by atoms with E-state index >= 15 is 0 Å². The molecule has 3 rings (SSSR count). The zero-order valence-corrected chi connectivity index (χ0v) is 15.2. The van der Waals surface area contributed by atoms with Crippen molar-refractivity contribution in [2.24, 2.45) is 5.92 Å². The molecule has 0 spiro atoms. The molecule has 0 aliphatic carbocycles. The van der Waals surface area contributed by atoms with E-state index in [1.807, 2.05) is 6.07 Å². The maximum atomic E-state index is 12.2. The number of hydrogen-bond acceptors (Lipinski definition) is 6. The summed E-state index contributed by atoms with van der Waals surface area (Å²) in [6.07, 6.45) is 4.11. The monoisotopic (exact) mass is 379 g/mol. The molecule has 2 aromatic rings. The number of piperidine rings is 1. The van der Waals surface area contributed by atoms with E-state index in [-0.39, 0.29) is 11.9 Å². The molecule has 1 aliphatic rings. The number of anilines is 1. The first kappa shape index (κ1) is 18.3. The summed E-state index contributed by atoms with van der Waals surface area (Å²) in [6.45, 7) is 1.37. The second kappa shape index (κ2) is 7.83. The summed E-state index contributed by atoms with van der Waals surface area (Å²) in [5, 5.41) is 13.1. The third-order valence-electron chi connectivity index (χ3n) is 4.27. The predicted molar refractivity (Wildman–Crippen MR) is 95.9 cm³/mol. The Kier molecular flexibility index (Phi) is 5.52. The van der Waals surface area contributed by atoms with Gasteiger partial charge in [-0.2, -0.15) is 0 Å². The van der Waals surface area contributed by atoms with Gasteiger partial charge < -0.3 is 15.1 Å². The standard InChI is InChI=1S/C16H21N5O4S/c1-26(23,24)21-8-4-5-12(10-21)9-17-16(22)19-14-7-3-2-6-13(14)15-20-18-11-25-15/h2-3,6-7,11-12H,4-5,8-10H2,1H3,(H2,17,19,22)/t12-/m0/s1. The first-order valence-electron chi connectivity index (χ1n) is 8.29. The van der Waals surface area contributed by atoms with Crippen molar-refractivity contribution in [2.75, 3.05) is 31.2 Å². The number of carbonyl (C=O) groups is 1. The number of amides is 2. The quantitative estimate of drug-likeness (QED) is 0.813. The van der Waals surface area contributed by atoms with Gasteiger partial charge in [-0.1, -0.05) is 12.1 Å². The molecule has 1 saturated heterocycles. The summed E-state index contributed by atoms with van der Waals surface area (Å²) >= 11 is 0. The Morgan fingerprint density at radius 3 is 2.92 bits per heavy atom. The van der Waals surface area contributed by atoms with Crippen LogP contribution in [0.3, 0.4) is 0 Å². The summed E-state index contributed by atoms with van der Waals surface area (Å²) in [7, 11) is -3.19. The molecule has 2 N–H and O–H groups in total. The van der Waals surface area contributed by atoms with Gasteiger partial charge >= 0.3 is 6.03 Å². The summed E-state index contributed by atoms with van der Waals surface area (Å²) in [5.41, 5.74) is 1.18. The molecule has 1 aliphatic heterocycles. The van der Waals surface area contributed by atoms with Crippen LogP contribution in [-0.2, 0) is 10.0 Å². The van der Waals surface area contributed by atoms with Crippen LogP contribution in [0.4, 0.5) is 10.5 Å². The lowest BCUT2D eigenvalue weighted by Gasteiger charge is -2.30. The van der Waals surface area contributed by atoms with E-state index in [0.29, 0.717) is 36.8 Å². The maximum Gasteiger partial charge on any atom is 0.319 e. The van der Waals surface area contributed by atoms with Gasteiger partial charge in [0.15, 0.2) is 0 Å². The molecule has 0 radical (unpaired) electrons. The lowest BCUT2D eigenvalue weighted by Crippen LogP contribution is -2.43. The number of hydrogen-bond donors (Lipinski definition) is 2. The van der Waals surface area contributed by atoms with Crippen LogP contribution < -0.4 is 10.6 Å². The molecule has 26 heavy (non-hydrogen) atoms. The highest BCUT2D eigenvalue weighted by Gasteiger charge is 2.26. The van der Waals surface area contributed by atoms with Crippen LogP contribution in [0, 0.1) is 5.92 Å². The number of nitrogens with one attached hydrogen (secondary N) is 2. The highest BCUT2D eigenvalue weighted by Crippen LogP contribution is 2.25. The average molecular weight is 379 g/mol. The van der Waals surface area contributed by atoms with E-state index in [9.17, 15) is 13.2 Å². The van der Waals surface area contributed by atoms with Crippen LogP contribution in [0.2, 0.25) is 0 Å². The van der Waals surface area contributed by atoms with Crippen LogP contribution in [0.1, 0.15) is 12.8 Å². The number of urea groups is 1. The van der Waals surface area contributed by atoms with E-state index in [1.54, 1.807) is 18.2 Å². The van der Waals surface area contributed by atoms with Crippen molar-refractivity contribution >= 4 is 21.7 Å². The second-order valence-corrected chi connectivity index (χ2v) is 8.24. The highest BCUT2D eigenvalue weighted by molar-refractivity contribution is 7.88. The Morgan fingerprint density at radius 2 is 2.19 bits per heavy atom. The van der Waals surface area contributed by atoms with E-state index in [4.69, 9.17) is 4.42 Å². The van der Waals surface area contributed by atoms with Gasteiger partial charge in [0.25, 0.3) is 0 Å².